The number of aliphatic hydroxyl groups is 1. The molecule has 0 spiro atoms. The number of hydrogen-bond acceptors (Lipinski definition) is 7. The minimum Gasteiger partial charge on any atom is -0.495 e. The van der Waals surface area contributed by atoms with E-state index in [0.717, 1.165) is 12.1 Å². The van der Waals surface area contributed by atoms with Gasteiger partial charge in [-0.05, 0) is 30.7 Å². The molecule has 0 radical (unpaired) electrons. The van der Waals surface area contributed by atoms with Crippen LogP contribution in [0.3, 0.4) is 0 Å². The zero-order valence-corrected chi connectivity index (χ0v) is 16.1. The molecule has 4 rings (SSSR count). The number of anilines is 1. The molecule has 2 N–H and O–H groups in total. The quantitative estimate of drug-likeness (QED) is 0.753. The van der Waals surface area contributed by atoms with Gasteiger partial charge in [0, 0.05) is 6.54 Å². The van der Waals surface area contributed by atoms with Crippen LogP contribution < -0.4 is 14.2 Å². The molecule has 11 heteroatoms. The fourth-order valence-electron chi connectivity index (χ4n) is 3.48. The minimum atomic E-state index is -4.22. The zero-order valence-electron chi connectivity index (χ0n) is 15.3. The molecule has 0 unspecified atom stereocenters. The Labute approximate surface area is 166 Å². The van der Waals surface area contributed by atoms with Gasteiger partial charge in [-0.1, -0.05) is 0 Å². The maximum atomic E-state index is 13.6. The summed E-state index contributed by atoms with van der Waals surface area (Å²) in [6, 6.07) is 4.15. The fourth-order valence-corrected chi connectivity index (χ4v) is 4.69. The first-order valence-electron chi connectivity index (χ1n) is 8.76. The molecular weight excluding hydrogens is 405 g/mol. The van der Waals surface area contributed by atoms with E-state index in [0.29, 0.717) is 6.42 Å². The Hall–Kier alpha value is -2.92. The second kappa shape index (κ2) is 7.16. The number of halogens is 1. The van der Waals surface area contributed by atoms with E-state index in [1.807, 2.05) is 0 Å². The number of aliphatic hydroxyl groups excluding tert-OH is 1. The van der Waals surface area contributed by atoms with E-state index in [9.17, 15) is 22.7 Å². The molecule has 9 nitrogen and oxygen atoms in total. The fraction of sp³-hybridized carbons (Fsp3) is 0.333. The number of methoxy groups -OCH3 is 1. The topological polar surface area (TPSA) is 118 Å². The number of hydrogen-bond donors (Lipinski definition) is 2. The van der Waals surface area contributed by atoms with Crippen LogP contribution in [-0.4, -0.2) is 61.7 Å². The third-order valence-corrected chi connectivity index (χ3v) is 6.22. The molecule has 1 amide bonds. The molecule has 1 saturated heterocycles. The minimum absolute atomic E-state index is 0.00482. The summed E-state index contributed by atoms with van der Waals surface area (Å²) in [5, 5.41) is 9.82. The number of benzene rings is 1. The van der Waals surface area contributed by atoms with Gasteiger partial charge in [-0.2, -0.15) is 0 Å². The van der Waals surface area contributed by atoms with E-state index in [-0.39, 0.29) is 47.0 Å². The number of amides is 1. The predicted octanol–water partition coefficient (Wildman–Crippen LogP) is 0.998. The van der Waals surface area contributed by atoms with Crippen molar-refractivity contribution in [2.24, 2.45) is 0 Å². The highest BCUT2D eigenvalue weighted by Crippen LogP contribution is 2.31. The van der Waals surface area contributed by atoms with Crippen LogP contribution in [0.1, 0.15) is 16.8 Å². The first-order valence-corrected chi connectivity index (χ1v) is 10.2. The van der Waals surface area contributed by atoms with Crippen molar-refractivity contribution in [2.45, 2.75) is 23.5 Å². The molecule has 0 aliphatic carbocycles. The third-order valence-electron chi connectivity index (χ3n) is 4.81. The van der Waals surface area contributed by atoms with E-state index in [4.69, 9.17) is 9.47 Å². The van der Waals surface area contributed by atoms with Gasteiger partial charge in [0.15, 0.2) is 0 Å². The van der Waals surface area contributed by atoms with Crippen molar-refractivity contribution in [3.8, 4) is 11.6 Å². The summed E-state index contributed by atoms with van der Waals surface area (Å²) >= 11 is 0. The number of ether oxygens (including phenoxy) is 2. The molecular formula is C18H18FN3O6S. The van der Waals surface area contributed by atoms with Gasteiger partial charge < -0.3 is 19.5 Å². The molecule has 1 aromatic heterocycles. The molecule has 2 aromatic rings. The SMILES string of the molecule is COc1ccc(F)cc1S(=O)(=O)Nc1cnc2c(c1)C(=O)N1C[C@@H](O)C[C@@H]1CO2. The monoisotopic (exact) mass is 423 g/mol. The Morgan fingerprint density at radius 1 is 1.38 bits per heavy atom. The van der Waals surface area contributed by atoms with Crippen LogP contribution in [0.15, 0.2) is 35.4 Å². The van der Waals surface area contributed by atoms with Crippen molar-refractivity contribution >= 4 is 21.6 Å². The summed E-state index contributed by atoms with van der Waals surface area (Å²) in [6.45, 7) is 0.358. The largest absolute Gasteiger partial charge is 0.495 e. The normalized spacial score (nSPS) is 21.1. The number of fused-ring (bicyclic) bond motifs is 2. The lowest BCUT2D eigenvalue weighted by molar-refractivity contribution is 0.0709. The van der Waals surface area contributed by atoms with Crippen molar-refractivity contribution in [3.63, 3.8) is 0 Å². The number of carbonyl (C=O) groups excluding carboxylic acids is 1. The molecule has 29 heavy (non-hydrogen) atoms. The second-order valence-electron chi connectivity index (χ2n) is 6.79. The van der Waals surface area contributed by atoms with Gasteiger partial charge in [-0.3, -0.25) is 9.52 Å². The molecule has 3 heterocycles. The number of nitrogens with zero attached hydrogens (tertiary/aromatic N) is 2. The van der Waals surface area contributed by atoms with Crippen LogP contribution in [0.2, 0.25) is 0 Å². The van der Waals surface area contributed by atoms with Crippen molar-refractivity contribution in [3.05, 3.63) is 41.8 Å². The van der Waals surface area contributed by atoms with Crippen LogP contribution in [0, 0.1) is 5.82 Å². The van der Waals surface area contributed by atoms with E-state index >= 15 is 0 Å². The van der Waals surface area contributed by atoms with Gasteiger partial charge in [-0.15, -0.1) is 0 Å². The van der Waals surface area contributed by atoms with Crippen LogP contribution in [0.5, 0.6) is 11.6 Å². The van der Waals surface area contributed by atoms with Crippen molar-refractivity contribution in [2.75, 3.05) is 25.0 Å². The number of carbonyl (C=O) groups is 1. The third kappa shape index (κ3) is 3.58. The van der Waals surface area contributed by atoms with Crippen molar-refractivity contribution < 1.29 is 32.2 Å². The van der Waals surface area contributed by atoms with Gasteiger partial charge in [0.1, 0.15) is 28.6 Å². The van der Waals surface area contributed by atoms with Crippen molar-refractivity contribution in [1.82, 2.24) is 9.88 Å². The Bertz CT molecular complexity index is 1080. The molecule has 0 bridgehead atoms. The van der Waals surface area contributed by atoms with E-state index in [1.165, 1.54) is 30.3 Å². The van der Waals surface area contributed by atoms with Gasteiger partial charge in [-0.25, -0.2) is 17.8 Å². The van der Waals surface area contributed by atoms with Gasteiger partial charge in [0.2, 0.25) is 5.88 Å². The summed E-state index contributed by atoms with van der Waals surface area (Å²) in [5.41, 5.74) is 0.0817. The summed E-state index contributed by atoms with van der Waals surface area (Å²) in [4.78, 5) is 18.0. The molecule has 1 fully saturated rings. The van der Waals surface area contributed by atoms with E-state index in [2.05, 4.69) is 9.71 Å². The molecule has 1 aromatic carbocycles. The van der Waals surface area contributed by atoms with E-state index in [1.54, 1.807) is 0 Å². The van der Waals surface area contributed by atoms with Gasteiger partial charge in [0.05, 0.1) is 31.1 Å². The lowest BCUT2D eigenvalue weighted by Gasteiger charge is -2.20. The predicted molar refractivity (Wildman–Crippen MR) is 98.9 cm³/mol. The number of pyridine rings is 1. The molecule has 2 atom stereocenters. The molecule has 2 aliphatic rings. The van der Waals surface area contributed by atoms with Gasteiger partial charge in [0.25, 0.3) is 15.9 Å². The molecule has 0 saturated carbocycles. The van der Waals surface area contributed by atoms with Crippen LogP contribution in [0.25, 0.3) is 0 Å². The first kappa shape index (κ1) is 19.4. The summed E-state index contributed by atoms with van der Waals surface area (Å²) in [5.74, 6) is -1.09. The summed E-state index contributed by atoms with van der Waals surface area (Å²) in [7, 11) is -2.95. The Balaban J connectivity index is 1.67. The molecule has 2 aliphatic heterocycles. The maximum Gasteiger partial charge on any atom is 0.265 e. The second-order valence-corrected chi connectivity index (χ2v) is 8.44. The van der Waals surface area contributed by atoms with Crippen LogP contribution >= 0.6 is 0 Å². The van der Waals surface area contributed by atoms with E-state index < -0.39 is 27.9 Å². The summed E-state index contributed by atoms with van der Waals surface area (Å²) < 4.78 is 51.9. The first-order chi connectivity index (χ1) is 13.8. The zero-order chi connectivity index (χ0) is 20.8. The van der Waals surface area contributed by atoms with Crippen LogP contribution in [-0.2, 0) is 10.0 Å². The Kier molecular flexibility index (Phi) is 4.79. The Morgan fingerprint density at radius 2 is 2.17 bits per heavy atom. The maximum absolute atomic E-state index is 13.6. The number of sulfonamides is 1. The summed E-state index contributed by atoms with van der Waals surface area (Å²) in [6.07, 6.45) is 0.975. The highest BCUT2D eigenvalue weighted by molar-refractivity contribution is 7.92. The highest BCUT2D eigenvalue weighted by Gasteiger charge is 2.39. The van der Waals surface area contributed by atoms with Crippen LogP contribution in [0.4, 0.5) is 10.1 Å². The Morgan fingerprint density at radius 3 is 2.93 bits per heavy atom. The van der Waals surface area contributed by atoms with Crippen molar-refractivity contribution in [1.29, 1.82) is 0 Å². The number of rotatable bonds is 4. The lowest BCUT2D eigenvalue weighted by Crippen LogP contribution is -2.37. The number of aromatic nitrogens is 1. The number of nitrogens with one attached hydrogen (secondary N) is 1. The standard InChI is InChI=1S/C18H18FN3O6S/c1-27-15-3-2-10(19)4-16(15)29(25,26)21-11-5-14-17(20-7-11)28-9-12-6-13(23)8-22(12)18(14)24/h2-5,7,12-13,21,23H,6,8-9H2,1H3/t12-,13+/m1/s1. The molecule has 154 valence electrons. The lowest BCUT2D eigenvalue weighted by atomic mass is 10.2. The average molecular weight is 423 g/mol. The smallest absolute Gasteiger partial charge is 0.265 e. The average Bonchev–Trinajstić information content (AvgIpc) is 3.01. The highest BCUT2D eigenvalue weighted by atomic mass is 32.2. The van der Waals surface area contributed by atoms with Gasteiger partial charge >= 0.3 is 0 Å².